The molecule has 0 aliphatic rings. The molecule has 0 aromatic heterocycles. The van der Waals surface area contributed by atoms with Crippen molar-refractivity contribution < 1.29 is 60.9 Å². The smallest absolute Gasteiger partial charge is 0.243 e. The number of rotatable bonds is 48. The van der Waals surface area contributed by atoms with Crippen molar-refractivity contribution >= 4 is 7.45 Å². The highest BCUT2D eigenvalue weighted by molar-refractivity contribution is 7.57. The minimum absolute atomic E-state index is 0.0715. The third-order valence-corrected chi connectivity index (χ3v) is 10.0. The van der Waals surface area contributed by atoms with E-state index in [0.29, 0.717) is 142 Å². The molecule has 0 fully saturated rings. The van der Waals surface area contributed by atoms with Crippen LogP contribution in [0.3, 0.4) is 0 Å². The molecule has 0 heterocycles. The number of nitrogens with one attached hydrogen (secondary N) is 2. The molecule has 0 aliphatic heterocycles. The molecule has 62 heavy (non-hydrogen) atoms. The molecule has 0 saturated carbocycles. The molecule has 0 aliphatic carbocycles. The van der Waals surface area contributed by atoms with Crippen LogP contribution in [-0.4, -0.2) is 138 Å². The third-order valence-electron chi connectivity index (χ3n) is 9.04. The average molecular weight is 908 g/mol. The van der Waals surface area contributed by atoms with Gasteiger partial charge in [0.05, 0.1) is 132 Å². The van der Waals surface area contributed by atoms with Gasteiger partial charge in [-0.15, -0.1) is 0 Å². The van der Waals surface area contributed by atoms with Crippen LogP contribution in [0.2, 0.25) is 0 Å². The van der Waals surface area contributed by atoms with Crippen LogP contribution in [0.4, 0.5) is 4.20 Å². The summed E-state index contributed by atoms with van der Waals surface area (Å²) in [6.07, 6.45) is 15.1. The molecule has 0 amide bonds. The van der Waals surface area contributed by atoms with E-state index in [1.54, 1.807) is 6.20 Å². The zero-order chi connectivity index (χ0) is 45.0. The van der Waals surface area contributed by atoms with Gasteiger partial charge in [-0.2, -0.15) is 9.31 Å². The molecule has 0 spiro atoms. The zero-order valence-corrected chi connectivity index (χ0v) is 39.6. The number of hydrogen-bond acceptors (Lipinski definition) is 15. The van der Waals surface area contributed by atoms with Gasteiger partial charge >= 0.3 is 0 Å². The van der Waals surface area contributed by atoms with Crippen LogP contribution in [0.1, 0.15) is 103 Å². The van der Waals surface area contributed by atoms with E-state index < -0.39 is 7.45 Å². The van der Waals surface area contributed by atoms with Gasteiger partial charge in [0, 0.05) is 19.4 Å². The maximum atomic E-state index is 12.9. The zero-order valence-electron chi connectivity index (χ0n) is 38.7. The molecule has 1 aromatic rings. The molecule has 0 radical (unpaired) electrons. The van der Waals surface area contributed by atoms with Gasteiger partial charge < -0.3 is 57.4 Å². The van der Waals surface area contributed by atoms with Gasteiger partial charge in [-0.1, -0.05) is 78.6 Å². The fraction of sp³-hybridized carbons (Fsp3) is 0.822. The summed E-state index contributed by atoms with van der Waals surface area (Å²) >= 11 is 0. The van der Waals surface area contributed by atoms with Crippen LogP contribution in [0, 0.1) is 5.53 Å². The van der Waals surface area contributed by atoms with Crippen LogP contribution in [-0.2, 0) is 49.0 Å². The van der Waals surface area contributed by atoms with Crippen molar-refractivity contribution in [2.75, 3.05) is 138 Å². The Bertz CT molecular complexity index is 1230. The molecular weight excluding hydrogens is 824 g/mol. The first-order valence-corrected chi connectivity index (χ1v) is 25.3. The predicted octanol–water partition coefficient (Wildman–Crippen LogP) is 9.54. The molecule has 17 heteroatoms. The Morgan fingerprint density at radius 1 is 0.565 bits per heavy atom. The van der Waals surface area contributed by atoms with Gasteiger partial charge in [0.25, 0.3) is 0 Å². The van der Waals surface area contributed by atoms with Crippen LogP contribution in [0.15, 0.2) is 29.1 Å². The van der Waals surface area contributed by atoms with E-state index in [9.17, 15) is 8.76 Å². The molecule has 1 rings (SSSR count). The molecule has 15 nitrogen and oxygen atoms in total. The fourth-order valence-corrected chi connectivity index (χ4v) is 6.01. The highest BCUT2D eigenvalue weighted by Gasteiger charge is 2.16. The Morgan fingerprint density at radius 2 is 0.935 bits per heavy atom. The van der Waals surface area contributed by atoms with Crippen molar-refractivity contribution in [3.05, 3.63) is 29.6 Å². The topological polar surface area (TPSA) is 167 Å². The Hall–Kier alpha value is -2.40. The second-order valence-electron chi connectivity index (χ2n) is 14.8. The molecule has 1 aromatic carbocycles. The second-order valence-corrected chi connectivity index (χ2v) is 17.2. The maximum Gasteiger partial charge on any atom is 0.243 e. The third kappa shape index (κ3) is 36.0. The average Bonchev–Trinajstić information content (AvgIpc) is 3.25. The number of benzene rings is 1. The summed E-state index contributed by atoms with van der Waals surface area (Å²) in [5, 5.41) is 6.92. The molecule has 2 N–H and O–H groups in total. The summed E-state index contributed by atoms with van der Waals surface area (Å²) in [5.74, 6) is 2.11. The van der Waals surface area contributed by atoms with Crippen molar-refractivity contribution in [3.8, 4) is 17.2 Å². The molecule has 1 unspecified atom stereocenters. The van der Waals surface area contributed by atoms with Crippen molar-refractivity contribution in [3.63, 3.8) is 0 Å². The van der Waals surface area contributed by atoms with Crippen LogP contribution in [0.5, 0.6) is 17.2 Å². The Morgan fingerprint density at radius 3 is 1.31 bits per heavy atom. The minimum Gasteiger partial charge on any atom is -0.490 e. The normalized spacial score (nSPS) is 12.7. The summed E-state index contributed by atoms with van der Waals surface area (Å²) < 4.78 is 86.7. The molecular formula is C45H83FN3O12P. The first kappa shape index (κ1) is 57.6. The van der Waals surface area contributed by atoms with Crippen molar-refractivity contribution in [1.82, 2.24) is 5.32 Å². The maximum absolute atomic E-state index is 12.9. The fourth-order valence-electron chi connectivity index (χ4n) is 5.55. The van der Waals surface area contributed by atoms with Crippen molar-refractivity contribution in [2.45, 2.75) is 104 Å². The van der Waals surface area contributed by atoms with Crippen LogP contribution >= 0.6 is 7.45 Å². The van der Waals surface area contributed by atoms with Crippen LogP contribution in [0.25, 0.3) is 0 Å². The number of halogens is 1. The summed E-state index contributed by atoms with van der Waals surface area (Å²) in [7, 11) is -3.52. The monoisotopic (exact) mass is 908 g/mol. The van der Waals surface area contributed by atoms with E-state index in [0.717, 1.165) is 50.8 Å². The van der Waals surface area contributed by atoms with E-state index in [4.69, 9.17) is 57.6 Å². The predicted molar refractivity (Wildman–Crippen MR) is 241 cm³/mol. The SMILES string of the molecule is CCCCCCOc1cc(CN/C=C(/COCCOCCOCCOCCOCCOCCOCCOCCP(C)(=O)F)N=N)cc(OCCCCCC)c1OCCCCCC. The van der Waals surface area contributed by atoms with E-state index in [-0.39, 0.29) is 19.4 Å². The van der Waals surface area contributed by atoms with E-state index in [1.807, 2.05) is 12.1 Å². The summed E-state index contributed by atoms with van der Waals surface area (Å²) in [5.41, 5.74) is 9.08. The van der Waals surface area contributed by atoms with E-state index in [1.165, 1.54) is 38.5 Å². The number of nitrogens with zero attached hydrogens (tertiary/aromatic N) is 1. The first-order chi connectivity index (χ1) is 30.3. The molecule has 0 bridgehead atoms. The van der Waals surface area contributed by atoms with E-state index >= 15 is 0 Å². The Labute approximate surface area is 373 Å². The first-order valence-electron chi connectivity index (χ1n) is 23.1. The Balaban J connectivity index is 2.27. The second kappa shape index (κ2) is 42.5. The van der Waals surface area contributed by atoms with Crippen molar-refractivity contribution in [1.29, 1.82) is 5.53 Å². The van der Waals surface area contributed by atoms with Gasteiger partial charge in [0.1, 0.15) is 5.70 Å². The lowest BCUT2D eigenvalue weighted by atomic mass is 10.1. The minimum atomic E-state index is -3.52. The van der Waals surface area contributed by atoms with Gasteiger partial charge in [0.2, 0.25) is 13.2 Å². The van der Waals surface area contributed by atoms with Gasteiger partial charge in [-0.05, 0) is 37.0 Å². The number of hydrogen-bond donors (Lipinski definition) is 2. The number of ether oxygens (including phenoxy) is 11. The van der Waals surface area contributed by atoms with Crippen LogP contribution < -0.4 is 19.5 Å². The summed E-state index contributed by atoms with van der Waals surface area (Å²) in [4.78, 5) is 0. The summed E-state index contributed by atoms with van der Waals surface area (Å²) in [6.45, 7) is 16.3. The standard InChI is InChI=1S/C45H83FN3O12P/c1-5-8-11-14-17-59-43-36-41(37-44(60-18-15-12-9-6-2)45(43)61-19-16-13-10-7-3)38-48-39-42(49-47)40-58-33-32-56-29-28-54-25-24-52-21-20-51-22-23-53-26-27-55-30-31-57-34-35-62(4,46)50/h36-37,39,47-48H,5-35,38,40H2,1-4H3/b42-39-,49-47?. The summed E-state index contributed by atoms with van der Waals surface area (Å²) in [6, 6.07) is 4.06. The highest BCUT2D eigenvalue weighted by atomic mass is 31.2. The largest absolute Gasteiger partial charge is 0.490 e. The lowest BCUT2D eigenvalue weighted by Crippen LogP contribution is -2.15. The molecule has 1 atom stereocenters. The lowest BCUT2D eigenvalue weighted by molar-refractivity contribution is -0.0224. The molecule has 362 valence electrons. The quantitative estimate of drug-likeness (QED) is 0.0361. The molecule has 0 saturated heterocycles. The van der Waals surface area contributed by atoms with E-state index in [2.05, 4.69) is 31.2 Å². The van der Waals surface area contributed by atoms with Gasteiger partial charge in [-0.25, -0.2) is 5.53 Å². The van der Waals surface area contributed by atoms with Gasteiger partial charge in [0.15, 0.2) is 11.5 Å². The number of unbranched alkanes of at least 4 members (excludes halogenated alkanes) is 9. The van der Waals surface area contributed by atoms with Crippen molar-refractivity contribution in [2.24, 2.45) is 5.11 Å². The highest BCUT2D eigenvalue weighted by Crippen LogP contribution is 2.42. The Kier molecular flexibility index (Phi) is 39.5. The lowest BCUT2D eigenvalue weighted by Gasteiger charge is -2.19. The van der Waals surface area contributed by atoms with Gasteiger partial charge in [-0.3, -0.25) is 4.57 Å².